The van der Waals surface area contributed by atoms with E-state index in [-0.39, 0.29) is 5.91 Å². The molecular formula is C16H23NO. The van der Waals surface area contributed by atoms with E-state index in [2.05, 4.69) is 24.4 Å². The van der Waals surface area contributed by atoms with Gasteiger partial charge in [-0.3, -0.25) is 4.79 Å². The summed E-state index contributed by atoms with van der Waals surface area (Å²) >= 11 is 0. The zero-order valence-corrected chi connectivity index (χ0v) is 11.6. The molecule has 0 unspecified atom stereocenters. The molecule has 0 spiro atoms. The molecule has 1 aromatic rings. The molecular weight excluding hydrogens is 222 g/mol. The SMILES string of the molecule is CC/C=C(\C)C(=O)Nc1ccc(CCCC)cc1. The fraction of sp³-hybridized carbons (Fsp3) is 0.438. The first-order chi connectivity index (χ1) is 8.67. The molecule has 0 atom stereocenters. The van der Waals surface area contributed by atoms with Gasteiger partial charge >= 0.3 is 0 Å². The number of hydrogen-bond donors (Lipinski definition) is 1. The summed E-state index contributed by atoms with van der Waals surface area (Å²) in [5, 5.41) is 2.90. The first-order valence-corrected chi connectivity index (χ1v) is 6.74. The van der Waals surface area contributed by atoms with Gasteiger partial charge in [-0.15, -0.1) is 0 Å². The van der Waals surface area contributed by atoms with Gasteiger partial charge in [-0.25, -0.2) is 0 Å². The fourth-order valence-electron chi connectivity index (χ4n) is 1.76. The summed E-state index contributed by atoms with van der Waals surface area (Å²) in [6.07, 6.45) is 6.35. The number of aryl methyl sites for hydroxylation is 1. The van der Waals surface area contributed by atoms with E-state index < -0.39 is 0 Å². The Kier molecular flexibility index (Phi) is 6.20. The van der Waals surface area contributed by atoms with Gasteiger partial charge in [0.2, 0.25) is 0 Å². The maximum Gasteiger partial charge on any atom is 0.250 e. The Morgan fingerprint density at radius 2 is 1.89 bits per heavy atom. The second kappa shape index (κ2) is 7.70. The predicted molar refractivity (Wildman–Crippen MR) is 77.7 cm³/mol. The molecule has 2 heteroatoms. The Morgan fingerprint density at radius 1 is 1.22 bits per heavy atom. The van der Waals surface area contributed by atoms with Gasteiger partial charge in [-0.2, -0.15) is 0 Å². The van der Waals surface area contributed by atoms with E-state index in [1.165, 1.54) is 18.4 Å². The lowest BCUT2D eigenvalue weighted by molar-refractivity contribution is -0.112. The lowest BCUT2D eigenvalue weighted by atomic mass is 10.1. The number of carbonyl (C=O) groups is 1. The molecule has 1 N–H and O–H groups in total. The average molecular weight is 245 g/mol. The third-order valence-corrected chi connectivity index (χ3v) is 2.90. The predicted octanol–water partition coefficient (Wildman–Crippen LogP) is 4.32. The minimum atomic E-state index is -0.0156. The highest BCUT2D eigenvalue weighted by molar-refractivity contribution is 6.03. The van der Waals surface area contributed by atoms with Gasteiger partial charge in [0.05, 0.1) is 0 Å². The lowest BCUT2D eigenvalue weighted by Crippen LogP contribution is -2.12. The molecule has 0 aliphatic carbocycles. The number of hydrogen-bond acceptors (Lipinski definition) is 1. The van der Waals surface area contributed by atoms with E-state index in [1.54, 1.807) is 0 Å². The van der Waals surface area contributed by atoms with Crippen LogP contribution in [0.1, 0.15) is 45.6 Å². The second-order valence-electron chi connectivity index (χ2n) is 4.55. The summed E-state index contributed by atoms with van der Waals surface area (Å²) in [6.45, 7) is 6.06. The molecule has 0 aromatic heterocycles. The van der Waals surface area contributed by atoms with Gasteiger partial charge in [-0.1, -0.05) is 38.5 Å². The van der Waals surface area contributed by atoms with Crippen molar-refractivity contribution in [3.8, 4) is 0 Å². The van der Waals surface area contributed by atoms with E-state index in [1.807, 2.05) is 32.1 Å². The van der Waals surface area contributed by atoms with Crippen LogP contribution in [0.15, 0.2) is 35.9 Å². The van der Waals surface area contributed by atoms with Crippen LogP contribution in [0.2, 0.25) is 0 Å². The second-order valence-corrected chi connectivity index (χ2v) is 4.55. The highest BCUT2D eigenvalue weighted by atomic mass is 16.1. The monoisotopic (exact) mass is 245 g/mol. The Labute approximate surface area is 110 Å². The molecule has 1 aromatic carbocycles. The van der Waals surface area contributed by atoms with Gasteiger partial charge in [0, 0.05) is 11.3 Å². The number of rotatable bonds is 6. The highest BCUT2D eigenvalue weighted by Gasteiger charge is 2.03. The fourth-order valence-corrected chi connectivity index (χ4v) is 1.76. The van der Waals surface area contributed by atoms with Crippen molar-refractivity contribution in [2.24, 2.45) is 0 Å². The number of carbonyl (C=O) groups excluding carboxylic acids is 1. The van der Waals surface area contributed by atoms with Gasteiger partial charge in [0.25, 0.3) is 5.91 Å². The normalized spacial score (nSPS) is 11.4. The molecule has 0 fully saturated rings. The summed E-state index contributed by atoms with van der Waals surface area (Å²) in [5.41, 5.74) is 2.97. The van der Waals surface area contributed by atoms with Gasteiger partial charge in [0.1, 0.15) is 0 Å². The van der Waals surface area contributed by atoms with Crippen molar-refractivity contribution in [1.82, 2.24) is 0 Å². The Bertz CT molecular complexity index is 404. The van der Waals surface area contributed by atoms with Crippen LogP contribution >= 0.6 is 0 Å². The van der Waals surface area contributed by atoms with E-state index in [0.29, 0.717) is 0 Å². The Morgan fingerprint density at radius 3 is 2.44 bits per heavy atom. The minimum absolute atomic E-state index is 0.0156. The van der Waals surface area contributed by atoms with Crippen molar-refractivity contribution < 1.29 is 4.79 Å². The number of benzene rings is 1. The quantitative estimate of drug-likeness (QED) is 0.743. The van der Waals surface area contributed by atoms with E-state index in [9.17, 15) is 4.79 Å². The molecule has 2 nitrogen and oxygen atoms in total. The largest absolute Gasteiger partial charge is 0.322 e. The first-order valence-electron chi connectivity index (χ1n) is 6.74. The summed E-state index contributed by atoms with van der Waals surface area (Å²) < 4.78 is 0. The van der Waals surface area contributed by atoms with Crippen molar-refractivity contribution in [3.05, 3.63) is 41.5 Å². The third-order valence-electron chi connectivity index (χ3n) is 2.90. The highest BCUT2D eigenvalue weighted by Crippen LogP contribution is 2.12. The Balaban J connectivity index is 2.58. The van der Waals surface area contributed by atoms with Crippen molar-refractivity contribution >= 4 is 11.6 Å². The van der Waals surface area contributed by atoms with E-state index in [0.717, 1.165) is 24.1 Å². The maximum absolute atomic E-state index is 11.8. The van der Waals surface area contributed by atoms with Crippen LogP contribution in [0, 0.1) is 0 Å². The molecule has 0 aliphatic heterocycles. The number of allylic oxidation sites excluding steroid dienone is 1. The molecule has 0 saturated heterocycles. The molecule has 0 bridgehead atoms. The van der Waals surface area contributed by atoms with Crippen LogP contribution in [-0.4, -0.2) is 5.91 Å². The zero-order valence-electron chi connectivity index (χ0n) is 11.6. The lowest BCUT2D eigenvalue weighted by Gasteiger charge is -2.06. The van der Waals surface area contributed by atoms with Gasteiger partial charge < -0.3 is 5.32 Å². The average Bonchev–Trinajstić information content (AvgIpc) is 2.38. The third kappa shape index (κ3) is 4.74. The molecule has 18 heavy (non-hydrogen) atoms. The van der Waals surface area contributed by atoms with Crippen LogP contribution in [0.4, 0.5) is 5.69 Å². The zero-order chi connectivity index (χ0) is 13.4. The molecule has 0 saturated carbocycles. The summed E-state index contributed by atoms with van der Waals surface area (Å²) in [4.78, 5) is 11.8. The molecule has 0 aliphatic rings. The van der Waals surface area contributed by atoms with Crippen LogP contribution in [0.25, 0.3) is 0 Å². The molecule has 0 radical (unpaired) electrons. The topological polar surface area (TPSA) is 29.1 Å². The molecule has 0 heterocycles. The number of amides is 1. The van der Waals surface area contributed by atoms with E-state index in [4.69, 9.17) is 0 Å². The van der Waals surface area contributed by atoms with Crippen LogP contribution < -0.4 is 5.32 Å². The van der Waals surface area contributed by atoms with Crippen LogP contribution in [-0.2, 0) is 11.2 Å². The van der Waals surface area contributed by atoms with Crippen molar-refractivity contribution in [2.75, 3.05) is 5.32 Å². The summed E-state index contributed by atoms with van der Waals surface area (Å²) in [6, 6.07) is 8.12. The molecule has 1 amide bonds. The van der Waals surface area contributed by atoms with Crippen molar-refractivity contribution in [2.45, 2.75) is 46.5 Å². The smallest absolute Gasteiger partial charge is 0.250 e. The van der Waals surface area contributed by atoms with Crippen LogP contribution in [0.3, 0.4) is 0 Å². The summed E-state index contributed by atoms with van der Waals surface area (Å²) in [5.74, 6) is -0.0156. The standard InChI is InChI=1S/C16H23NO/c1-4-6-8-14-9-11-15(12-10-14)17-16(18)13(3)7-5-2/h7,9-12H,4-6,8H2,1-3H3,(H,17,18)/b13-7+. The van der Waals surface area contributed by atoms with Crippen molar-refractivity contribution in [3.63, 3.8) is 0 Å². The first kappa shape index (κ1) is 14.5. The van der Waals surface area contributed by atoms with E-state index >= 15 is 0 Å². The minimum Gasteiger partial charge on any atom is -0.322 e. The van der Waals surface area contributed by atoms with Gasteiger partial charge in [0.15, 0.2) is 0 Å². The molecule has 1 rings (SSSR count). The Hall–Kier alpha value is -1.57. The maximum atomic E-state index is 11.8. The number of unbranched alkanes of at least 4 members (excludes halogenated alkanes) is 1. The number of nitrogens with one attached hydrogen (secondary N) is 1. The van der Waals surface area contributed by atoms with Gasteiger partial charge in [-0.05, 0) is 43.9 Å². The summed E-state index contributed by atoms with van der Waals surface area (Å²) in [7, 11) is 0. The van der Waals surface area contributed by atoms with Crippen molar-refractivity contribution in [1.29, 1.82) is 0 Å². The number of anilines is 1. The van der Waals surface area contributed by atoms with Crippen LogP contribution in [0.5, 0.6) is 0 Å². The molecule has 98 valence electrons.